The second-order valence-electron chi connectivity index (χ2n) is 4.22. The van der Waals surface area contributed by atoms with Crippen LogP contribution in [0.5, 0.6) is 0 Å². The van der Waals surface area contributed by atoms with Crippen LogP contribution in [-0.4, -0.2) is 15.2 Å². The van der Waals surface area contributed by atoms with Gasteiger partial charge >= 0.3 is 0 Å². The molecule has 0 fully saturated rings. The molecule has 0 saturated heterocycles. The van der Waals surface area contributed by atoms with Crippen molar-refractivity contribution in [1.82, 2.24) is 0 Å². The Hall–Kier alpha value is -1.16. The van der Waals surface area contributed by atoms with Crippen LogP contribution in [0.3, 0.4) is 0 Å². The molecule has 1 rings (SSSR count). The molecule has 4 heteroatoms. The molecule has 0 unspecified atom stereocenters. The van der Waals surface area contributed by atoms with E-state index in [2.05, 4.69) is 4.40 Å². The average Bonchev–Trinajstić information content (AvgIpc) is 2.14. The van der Waals surface area contributed by atoms with E-state index in [0.29, 0.717) is 5.69 Å². The Morgan fingerprint density at radius 1 is 1.33 bits per heavy atom. The highest BCUT2D eigenvalue weighted by atomic mass is 32.2. The molecular formula is C11H16N2OS. The Morgan fingerprint density at radius 2 is 1.93 bits per heavy atom. The predicted molar refractivity (Wildman–Crippen MR) is 66.3 cm³/mol. The minimum atomic E-state index is -1.23. The zero-order valence-electron chi connectivity index (χ0n) is 9.23. The van der Waals surface area contributed by atoms with Crippen LogP contribution in [0.4, 0.5) is 5.69 Å². The van der Waals surface area contributed by atoms with Gasteiger partial charge in [-0.2, -0.15) is 4.40 Å². The Bertz CT molecular complexity index is 394. The van der Waals surface area contributed by atoms with Gasteiger partial charge in [0.05, 0.1) is 4.75 Å². The molecule has 1 aromatic rings. The molecule has 0 bridgehead atoms. The molecule has 15 heavy (non-hydrogen) atoms. The van der Waals surface area contributed by atoms with Gasteiger partial charge in [-0.1, -0.05) is 18.2 Å². The van der Waals surface area contributed by atoms with E-state index in [9.17, 15) is 4.21 Å². The highest BCUT2D eigenvalue weighted by Gasteiger charge is 2.18. The van der Waals surface area contributed by atoms with Crippen LogP contribution in [0.15, 0.2) is 28.7 Å². The lowest BCUT2D eigenvalue weighted by Gasteiger charge is -2.12. The van der Waals surface area contributed by atoms with E-state index in [1.54, 1.807) is 12.3 Å². The molecule has 0 aromatic heterocycles. The number of nitrogen functional groups attached to an aromatic ring is 1. The van der Waals surface area contributed by atoms with E-state index in [1.165, 1.54) is 0 Å². The summed E-state index contributed by atoms with van der Waals surface area (Å²) < 4.78 is 15.3. The summed E-state index contributed by atoms with van der Waals surface area (Å²) in [5.41, 5.74) is 7.17. The van der Waals surface area contributed by atoms with Crippen molar-refractivity contribution in [2.75, 3.05) is 5.73 Å². The molecule has 1 atom stereocenters. The molecule has 0 aliphatic heterocycles. The standard InChI is InChI=1S/C11H16N2OS/c1-11(2,3)15(14)13-8-9-6-4-5-7-10(9)12/h4-8H,12H2,1-3H3/b13-8+/t15-/m1/s1. The Kier molecular flexibility index (Phi) is 3.63. The van der Waals surface area contributed by atoms with Crippen LogP contribution in [0.1, 0.15) is 26.3 Å². The Morgan fingerprint density at radius 3 is 2.47 bits per heavy atom. The van der Waals surface area contributed by atoms with Crippen molar-refractivity contribution in [3.05, 3.63) is 29.8 Å². The molecule has 82 valence electrons. The van der Waals surface area contributed by atoms with Crippen molar-refractivity contribution in [3.8, 4) is 0 Å². The second kappa shape index (κ2) is 4.57. The third-order valence-electron chi connectivity index (χ3n) is 1.81. The molecule has 0 spiro atoms. The van der Waals surface area contributed by atoms with Crippen LogP contribution in [0.2, 0.25) is 0 Å². The Labute approximate surface area is 93.0 Å². The van der Waals surface area contributed by atoms with Gasteiger partial charge in [0.2, 0.25) is 0 Å². The fourth-order valence-corrected chi connectivity index (χ4v) is 1.42. The fourth-order valence-electron chi connectivity index (χ4n) is 0.891. The van der Waals surface area contributed by atoms with Gasteiger partial charge in [0.15, 0.2) is 0 Å². The number of anilines is 1. The lowest BCUT2D eigenvalue weighted by atomic mass is 10.2. The van der Waals surface area contributed by atoms with E-state index in [4.69, 9.17) is 5.73 Å². The smallest absolute Gasteiger partial charge is 0.144 e. The summed E-state index contributed by atoms with van der Waals surface area (Å²) in [5.74, 6) is 0. The third-order valence-corrected chi connectivity index (χ3v) is 3.15. The first-order valence-electron chi connectivity index (χ1n) is 4.72. The number of hydrogen-bond donors (Lipinski definition) is 1. The maximum absolute atomic E-state index is 11.6. The van der Waals surface area contributed by atoms with Crippen molar-refractivity contribution < 1.29 is 4.21 Å². The van der Waals surface area contributed by atoms with E-state index in [-0.39, 0.29) is 4.75 Å². The minimum Gasteiger partial charge on any atom is -0.398 e. The van der Waals surface area contributed by atoms with Crippen molar-refractivity contribution >= 4 is 22.9 Å². The fraction of sp³-hybridized carbons (Fsp3) is 0.364. The lowest BCUT2D eigenvalue weighted by Crippen LogP contribution is -2.19. The van der Waals surface area contributed by atoms with Gasteiger partial charge in [0, 0.05) is 17.5 Å². The highest BCUT2D eigenvalue weighted by molar-refractivity contribution is 7.85. The molecule has 0 amide bonds. The van der Waals surface area contributed by atoms with Crippen LogP contribution >= 0.6 is 0 Å². The minimum absolute atomic E-state index is 0.333. The number of para-hydroxylation sites is 1. The normalized spacial score (nSPS) is 14.3. The van der Waals surface area contributed by atoms with Crippen LogP contribution in [-0.2, 0) is 11.0 Å². The van der Waals surface area contributed by atoms with Crippen LogP contribution in [0.25, 0.3) is 0 Å². The van der Waals surface area contributed by atoms with Crippen molar-refractivity contribution in [2.45, 2.75) is 25.5 Å². The molecule has 0 heterocycles. The van der Waals surface area contributed by atoms with Gasteiger partial charge in [0.25, 0.3) is 0 Å². The van der Waals surface area contributed by atoms with Gasteiger partial charge in [-0.3, -0.25) is 0 Å². The predicted octanol–water partition coefficient (Wildman–Crippen LogP) is 2.15. The van der Waals surface area contributed by atoms with Gasteiger partial charge in [-0.05, 0) is 26.8 Å². The summed E-state index contributed by atoms with van der Waals surface area (Å²) in [6.45, 7) is 5.65. The molecule has 3 nitrogen and oxygen atoms in total. The summed E-state index contributed by atoms with van der Waals surface area (Å²) in [7, 11) is -1.23. The lowest BCUT2D eigenvalue weighted by molar-refractivity contribution is 0.651. The van der Waals surface area contributed by atoms with E-state index in [1.807, 2.05) is 39.0 Å². The van der Waals surface area contributed by atoms with E-state index in [0.717, 1.165) is 5.56 Å². The number of nitrogens with zero attached hydrogens (tertiary/aromatic N) is 1. The monoisotopic (exact) mass is 224 g/mol. The van der Waals surface area contributed by atoms with Gasteiger partial charge < -0.3 is 5.73 Å². The molecule has 2 N–H and O–H groups in total. The number of rotatable bonds is 2. The van der Waals surface area contributed by atoms with Gasteiger partial charge in [-0.15, -0.1) is 0 Å². The average molecular weight is 224 g/mol. The maximum atomic E-state index is 11.6. The van der Waals surface area contributed by atoms with Crippen molar-refractivity contribution in [3.63, 3.8) is 0 Å². The summed E-state index contributed by atoms with van der Waals surface area (Å²) in [4.78, 5) is 0. The molecule has 1 aromatic carbocycles. The molecule has 0 aliphatic rings. The molecule has 0 aliphatic carbocycles. The van der Waals surface area contributed by atoms with Crippen molar-refractivity contribution in [2.24, 2.45) is 4.40 Å². The molecule has 0 saturated carbocycles. The SMILES string of the molecule is CC(C)(C)[S@@](=O)/N=C/c1ccccc1N. The molecular weight excluding hydrogens is 208 g/mol. The van der Waals surface area contributed by atoms with Gasteiger partial charge in [0.1, 0.15) is 11.0 Å². The first-order chi connectivity index (χ1) is 6.91. The van der Waals surface area contributed by atoms with Crippen molar-refractivity contribution in [1.29, 1.82) is 0 Å². The summed E-state index contributed by atoms with van der Waals surface area (Å²) in [5, 5.41) is 0. The number of hydrogen-bond acceptors (Lipinski definition) is 2. The zero-order chi connectivity index (χ0) is 11.5. The summed E-state index contributed by atoms with van der Waals surface area (Å²) >= 11 is 0. The quantitative estimate of drug-likeness (QED) is 0.618. The topological polar surface area (TPSA) is 55.5 Å². The van der Waals surface area contributed by atoms with Crippen LogP contribution < -0.4 is 5.73 Å². The largest absolute Gasteiger partial charge is 0.398 e. The number of benzene rings is 1. The molecule has 0 radical (unpaired) electrons. The maximum Gasteiger partial charge on any atom is 0.144 e. The third kappa shape index (κ3) is 3.47. The van der Waals surface area contributed by atoms with E-state index >= 15 is 0 Å². The van der Waals surface area contributed by atoms with Gasteiger partial charge in [-0.25, -0.2) is 4.21 Å². The highest BCUT2D eigenvalue weighted by Crippen LogP contribution is 2.13. The van der Waals surface area contributed by atoms with E-state index < -0.39 is 11.0 Å². The summed E-state index contributed by atoms with van der Waals surface area (Å²) in [6, 6.07) is 7.37. The first kappa shape index (κ1) is 11.9. The first-order valence-corrected chi connectivity index (χ1v) is 5.82. The van der Waals surface area contributed by atoms with Crippen LogP contribution in [0, 0.1) is 0 Å². The zero-order valence-corrected chi connectivity index (χ0v) is 10.0. The Balaban J connectivity index is 2.84. The second-order valence-corrected chi connectivity index (χ2v) is 6.16. The number of nitrogens with two attached hydrogens (primary N) is 1. The summed E-state index contributed by atoms with van der Waals surface area (Å²) in [6.07, 6.45) is 1.57.